The first-order chi connectivity index (χ1) is 24.7. The Hall–Kier alpha value is -6.24. The lowest BCUT2D eigenvalue weighted by Gasteiger charge is -2.20. The van der Waals surface area contributed by atoms with E-state index in [-0.39, 0.29) is 0 Å². The first kappa shape index (κ1) is 28.7. The molecule has 50 heavy (non-hydrogen) atoms. The topological polar surface area (TPSA) is 0 Å². The average molecular weight is 635 g/mol. The molecule has 0 aromatic heterocycles. The largest absolute Gasteiger partial charge is 0.0616 e. The first-order valence-corrected chi connectivity index (χ1v) is 17.6. The molecule has 9 aromatic rings. The fraction of sp³-hybridized carbons (Fsp3) is 0.0400. The zero-order valence-electron chi connectivity index (χ0n) is 27.7. The number of hydrogen-bond donors (Lipinski definition) is 0. The van der Waals surface area contributed by atoms with Crippen LogP contribution in [-0.2, 0) is 6.42 Å². The van der Waals surface area contributed by atoms with E-state index in [1.807, 2.05) is 0 Å². The molecule has 234 valence electrons. The van der Waals surface area contributed by atoms with Crippen molar-refractivity contribution < 1.29 is 0 Å². The molecule has 9 aromatic carbocycles. The highest BCUT2D eigenvalue weighted by molar-refractivity contribution is 6.11. The maximum Gasteiger partial charge on any atom is -0.0102 e. The summed E-state index contributed by atoms with van der Waals surface area (Å²) in [5.41, 5.74) is 13.0. The summed E-state index contributed by atoms with van der Waals surface area (Å²) in [6, 6.07) is 65.0. The Bertz CT molecular complexity index is 2800. The molecule has 0 saturated carbocycles. The molecule has 0 spiro atoms. The Labute approximate surface area is 292 Å². The molecule has 1 aliphatic rings. The van der Waals surface area contributed by atoms with E-state index in [1.165, 1.54) is 98.7 Å². The standard InChI is InChI=1S/C50H34/c1-3-8-37-29-42(18-16-33(37)6-1)40-11-5-10-39(28-40)35-12-14-36(15-13-35)41-20-24-47-45(31-41)22-26-50-48-25-21-44(32-46(48)23-27-49(47)50)43-19-17-34-7-2-4-9-38(34)30-43/h1-20,22-24,26-32H,21,25H2. The van der Waals surface area contributed by atoms with Gasteiger partial charge in [-0.05, 0) is 136 Å². The van der Waals surface area contributed by atoms with Gasteiger partial charge in [-0.15, -0.1) is 0 Å². The van der Waals surface area contributed by atoms with E-state index < -0.39 is 0 Å². The molecule has 0 atom stereocenters. The molecule has 0 bridgehead atoms. The molecule has 0 fully saturated rings. The van der Waals surface area contributed by atoms with Crippen LogP contribution in [0.4, 0.5) is 0 Å². The Morgan fingerprint density at radius 1 is 0.280 bits per heavy atom. The van der Waals surface area contributed by atoms with Crippen LogP contribution in [0.25, 0.3) is 88.1 Å². The van der Waals surface area contributed by atoms with Crippen LogP contribution in [0.5, 0.6) is 0 Å². The lowest BCUT2D eigenvalue weighted by molar-refractivity contribution is 1.01. The van der Waals surface area contributed by atoms with Crippen LogP contribution < -0.4 is 0 Å². The van der Waals surface area contributed by atoms with Gasteiger partial charge in [0.05, 0.1) is 0 Å². The Balaban J connectivity index is 0.938. The highest BCUT2D eigenvalue weighted by atomic mass is 14.2. The summed E-state index contributed by atoms with van der Waals surface area (Å²) in [6.07, 6.45) is 4.54. The number of allylic oxidation sites excluding steroid dienone is 1. The second-order valence-corrected chi connectivity index (χ2v) is 13.7. The van der Waals surface area contributed by atoms with Crippen molar-refractivity contribution in [1.82, 2.24) is 0 Å². The van der Waals surface area contributed by atoms with E-state index >= 15 is 0 Å². The number of hydrogen-bond acceptors (Lipinski definition) is 0. The van der Waals surface area contributed by atoms with E-state index in [2.05, 4.69) is 182 Å². The molecule has 0 radical (unpaired) electrons. The van der Waals surface area contributed by atoms with Crippen molar-refractivity contribution >= 4 is 54.7 Å². The molecule has 0 nitrogen and oxygen atoms in total. The predicted molar refractivity (Wildman–Crippen MR) is 215 cm³/mol. The molecule has 0 aliphatic heterocycles. The van der Waals surface area contributed by atoms with Crippen LogP contribution in [0.15, 0.2) is 176 Å². The molecular formula is C50H34. The van der Waals surface area contributed by atoms with Crippen LogP contribution in [0.2, 0.25) is 0 Å². The molecule has 1 aliphatic carbocycles. The van der Waals surface area contributed by atoms with E-state index in [0.717, 1.165) is 12.8 Å². The van der Waals surface area contributed by atoms with E-state index in [9.17, 15) is 0 Å². The molecule has 0 unspecified atom stereocenters. The lowest BCUT2D eigenvalue weighted by atomic mass is 9.84. The number of aryl methyl sites for hydroxylation is 1. The fourth-order valence-electron chi connectivity index (χ4n) is 8.06. The van der Waals surface area contributed by atoms with E-state index in [0.29, 0.717) is 0 Å². The van der Waals surface area contributed by atoms with Crippen molar-refractivity contribution in [3.05, 3.63) is 193 Å². The van der Waals surface area contributed by atoms with Gasteiger partial charge in [-0.1, -0.05) is 158 Å². The van der Waals surface area contributed by atoms with Crippen molar-refractivity contribution in [2.45, 2.75) is 12.8 Å². The van der Waals surface area contributed by atoms with Crippen LogP contribution in [0, 0.1) is 0 Å². The second-order valence-electron chi connectivity index (χ2n) is 13.7. The Kier molecular flexibility index (Phi) is 6.74. The van der Waals surface area contributed by atoms with Gasteiger partial charge < -0.3 is 0 Å². The van der Waals surface area contributed by atoms with Crippen molar-refractivity contribution in [3.8, 4) is 33.4 Å². The quantitative estimate of drug-likeness (QED) is 0.169. The number of rotatable bonds is 4. The van der Waals surface area contributed by atoms with Gasteiger partial charge in [-0.2, -0.15) is 0 Å². The summed E-state index contributed by atoms with van der Waals surface area (Å²) in [5, 5.41) is 10.5. The highest BCUT2D eigenvalue weighted by Crippen LogP contribution is 2.39. The zero-order chi connectivity index (χ0) is 33.0. The van der Waals surface area contributed by atoms with Crippen LogP contribution in [0.1, 0.15) is 23.1 Å². The van der Waals surface area contributed by atoms with Crippen LogP contribution >= 0.6 is 0 Å². The van der Waals surface area contributed by atoms with Crippen molar-refractivity contribution in [2.75, 3.05) is 0 Å². The minimum Gasteiger partial charge on any atom is -0.0616 e. The maximum atomic E-state index is 2.42. The summed E-state index contributed by atoms with van der Waals surface area (Å²) in [4.78, 5) is 0. The second kappa shape index (κ2) is 11.7. The van der Waals surface area contributed by atoms with Crippen molar-refractivity contribution in [3.63, 3.8) is 0 Å². The number of benzene rings is 9. The lowest BCUT2D eigenvalue weighted by Crippen LogP contribution is -2.00. The van der Waals surface area contributed by atoms with Crippen molar-refractivity contribution in [2.24, 2.45) is 0 Å². The van der Waals surface area contributed by atoms with Gasteiger partial charge in [0.15, 0.2) is 0 Å². The average Bonchev–Trinajstić information content (AvgIpc) is 3.20. The summed E-state index contributed by atoms with van der Waals surface area (Å²) in [7, 11) is 0. The minimum atomic E-state index is 1.06. The van der Waals surface area contributed by atoms with Gasteiger partial charge in [-0.3, -0.25) is 0 Å². The summed E-state index contributed by atoms with van der Waals surface area (Å²) >= 11 is 0. The normalized spacial score (nSPS) is 12.8. The molecule has 0 heteroatoms. The van der Waals surface area contributed by atoms with Gasteiger partial charge in [-0.25, -0.2) is 0 Å². The van der Waals surface area contributed by atoms with Crippen LogP contribution in [-0.4, -0.2) is 0 Å². The van der Waals surface area contributed by atoms with Gasteiger partial charge in [0.2, 0.25) is 0 Å². The molecule has 0 N–H and O–H groups in total. The third kappa shape index (κ3) is 5.00. The fourth-order valence-corrected chi connectivity index (χ4v) is 8.06. The molecular weight excluding hydrogens is 601 g/mol. The molecule has 0 saturated heterocycles. The minimum absolute atomic E-state index is 1.06. The smallest absolute Gasteiger partial charge is 0.0102 e. The monoisotopic (exact) mass is 634 g/mol. The molecule has 0 amide bonds. The van der Waals surface area contributed by atoms with Gasteiger partial charge in [0, 0.05) is 0 Å². The number of fused-ring (bicyclic) bond motifs is 7. The van der Waals surface area contributed by atoms with Gasteiger partial charge >= 0.3 is 0 Å². The highest BCUT2D eigenvalue weighted by Gasteiger charge is 2.16. The summed E-state index contributed by atoms with van der Waals surface area (Å²) in [6.45, 7) is 0. The maximum absolute atomic E-state index is 2.42. The van der Waals surface area contributed by atoms with E-state index in [1.54, 1.807) is 0 Å². The van der Waals surface area contributed by atoms with Crippen molar-refractivity contribution in [1.29, 1.82) is 0 Å². The molecule has 10 rings (SSSR count). The third-order valence-corrected chi connectivity index (χ3v) is 10.8. The molecule has 0 heterocycles. The van der Waals surface area contributed by atoms with E-state index in [4.69, 9.17) is 0 Å². The van der Waals surface area contributed by atoms with Gasteiger partial charge in [0.1, 0.15) is 0 Å². The zero-order valence-corrected chi connectivity index (χ0v) is 27.7. The Morgan fingerprint density at radius 2 is 0.780 bits per heavy atom. The predicted octanol–water partition coefficient (Wildman–Crippen LogP) is 13.8. The SMILES string of the molecule is C1=C(c2ccc3ccccc3c2)CCc2c1ccc1c2ccc2cc(-c3ccc(-c4cccc(-c5ccc6ccccc6c5)c4)cc3)ccc21. The van der Waals surface area contributed by atoms with Crippen LogP contribution in [0.3, 0.4) is 0 Å². The summed E-state index contributed by atoms with van der Waals surface area (Å²) in [5.74, 6) is 0. The van der Waals surface area contributed by atoms with Gasteiger partial charge in [0.25, 0.3) is 0 Å². The Morgan fingerprint density at radius 3 is 1.52 bits per heavy atom. The third-order valence-electron chi connectivity index (χ3n) is 10.8. The first-order valence-electron chi connectivity index (χ1n) is 17.6. The summed E-state index contributed by atoms with van der Waals surface area (Å²) < 4.78 is 0.